The van der Waals surface area contributed by atoms with Gasteiger partial charge in [-0.05, 0) is 38.5 Å². The number of aryl methyl sites for hydroxylation is 1. The van der Waals surface area contributed by atoms with Crippen molar-refractivity contribution in [1.29, 1.82) is 0 Å². The number of aliphatic hydroxyl groups is 1. The summed E-state index contributed by atoms with van der Waals surface area (Å²) in [6, 6.07) is 5.76. The zero-order valence-electron chi connectivity index (χ0n) is 9.83. The fourth-order valence-corrected chi connectivity index (χ4v) is 1.41. The summed E-state index contributed by atoms with van der Waals surface area (Å²) in [6.07, 6.45) is -0.532. The largest absolute Gasteiger partial charge is 0.489 e. The molecular weight excluding hydrogens is 224 g/mol. The molecule has 0 heterocycles. The first-order valence-electron chi connectivity index (χ1n) is 5.22. The molecule has 0 saturated heterocycles. The van der Waals surface area contributed by atoms with E-state index in [0.717, 1.165) is 16.7 Å². The van der Waals surface area contributed by atoms with Gasteiger partial charge in [-0.3, -0.25) is 0 Å². The molecule has 3 heteroatoms. The highest BCUT2D eigenvalue weighted by Gasteiger charge is 2.09. The lowest BCUT2D eigenvalue weighted by atomic mass is 10.1. The van der Waals surface area contributed by atoms with Crippen molar-refractivity contribution >= 4 is 11.6 Å². The van der Waals surface area contributed by atoms with Gasteiger partial charge < -0.3 is 9.84 Å². The summed E-state index contributed by atoms with van der Waals surface area (Å²) >= 11 is 5.55. The average molecular weight is 241 g/mol. The average Bonchev–Trinajstić information content (AvgIpc) is 2.26. The molecule has 0 fully saturated rings. The minimum absolute atomic E-state index is 0.437. The summed E-state index contributed by atoms with van der Waals surface area (Å²) < 4.78 is 5.59. The lowest BCUT2D eigenvalue weighted by Gasteiger charge is -2.14. The molecule has 0 radical (unpaired) electrons. The molecule has 0 amide bonds. The molecule has 88 valence electrons. The first-order chi connectivity index (χ1) is 7.54. The van der Waals surface area contributed by atoms with E-state index in [1.54, 1.807) is 6.92 Å². The van der Waals surface area contributed by atoms with Crippen molar-refractivity contribution in [3.8, 4) is 5.75 Å². The molecule has 0 aliphatic carbocycles. The van der Waals surface area contributed by atoms with Crippen LogP contribution in [-0.2, 0) is 0 Å². The molecule has 0 aliphatic heterocycles. The molecule has 1 atom stereocenters. The highest BCUT2D eigenvalue weighted by Crippen LogP contribution is 2.26. The van der Waals surface area contributed by atoms with Crippen LogP contribution in [0.1, 0.15) is 31.1 Å². The van der Waals surface area contributed by atoms with Crippen LogP contribution in [-0.4, -0.2) is 11.7 Å². The maximum Gasteiger partial charge on any atom is 0.125 e. The molecule has 0 aromatic heterocycles. The summed E-state index contributed by atoms with van der Waals surface area (Å²) in [5, 5.41) is 9.63. The van der Waals surface area contributed by atoms with Gasteiger partial charge in [0.1, 0.15) is 12.4 Å². The van der Waals surface area contributed by atoms with Gasteiger partial charge >= 0.3 is 0 Å². The molecular formula is C13H17ClO2. The Hall–Kier alpha value is -0.990. The second-order valence-electron chi connectivity index (χ2n) is 3.96. The molecule has 0 aliphatic rings. The van der Waals surface area contributed by atoms with Crippen LogP contribution in [0.25, 0.3) is 0 Å². The number of rotatable bonds is 4. The van der Waals surface area contributed by atoms with Crippen LogP contribution in [0.2, 0.25) is 0 Å². The van der Waals surface area contributed by atoms with E-state index in [0.29, 0.717) is 12.4 Å². The molecule has 1 unspecified atom stereocenters. The Morgan fingerprint density at radius 2 is 2.25 bits per heavy atom. The third-order valence-corrected chi connectivity index (χ3v) is 2.63. The van der Waals surface area contributed by atoms with E-state index in [1.165, 1.54) is 5.54 Å². The van der Waals surface area contributed by atoms with Gasteiger partial charge in [0.05, 0.1) is 6.10 Å². The van der Waals surface area contributed by atoms with Crippen molar-refractivity contribution in [3.63, 3.8) is 0 Å². The van der Waals surface area contributed by atoms with Crippen molar-refractivity contribution in [2.75, 3.05) is 6.61 Å². The topological polar surface area (TPSA) is 29.5 Å². The van der Waals surface area contributed by atoms with Gasteiger partial charge in [-0.25, -0.2) is 0 Å². The molecule has 1 aromatic rings. The minimum atomic E-state index is -0.532. The summed E-state index contributed by atoms with van der Waals surface area (Å²) in [5.41, 5.74) is 4.35. The Morgan fingerprint density at radius 1 is 1.56 bits per heavy atom. The first-order valence-corrected chi connectivity index (χ1v) is 5.65. The van der Waals surface area contributed by atoms with Gasteiger partial charge in [-0.15, -0.1) is 0 Å². The van der Waals surface area contributed by atoms with Crippen LogP contribution in [0.3, 0.4) is 0 Å². The van der Waals surface area contributed by atoms with E-state index in [2.05, 4.69) is 0 Å². The van der Waals surface area contributed by atoms with Gasteiger partial charge in [-0.2, -0.15) is 0 Å². The summed E-state index contributed by atoms with van der Waals surface area (Å²) in [6.45, 7) is 6.04. The van der Waals surface area contributed by atoms with E-state index in [9.17, 15) is 5.11 Å². The summed E-state index contributed by atoms with van der Waals surface area (Å²) in [7, 11) is 0. The van der Waals surface area contributed by atoms with Gasteiger partial charge in [0.2, 0.25) is 0 Å². The van der Waals surface area contributed by atoms with Gasteiger partial charge in [-0.1, -0.05) is 23.2 Å². The van der Waals surface area contributed by atoms with Crippen molar-refractivity contribution < 1.29 is 9.84 Å². The Balaban J connectivity index is 2.87. The predicted octanol–water partition coefficient (Wildman–Crippen LogP) is 3.57. The quantitative estimate of drug-likeness (QED) is 0.872. The van der Waals surface area contributed by atoms with E-state index < -0.39 is 6.10 Å². The van der Waals surface area contributed by atoms with Crippen LogP contribution in [0.15, 0.2) is 29.3 Å². The number of ether oxygens (including phenoxy) is 1. The molecule has 2 nitrogen and oxygen atoms in total. The Labute approximate surface area is 102 Å². The lowest BCUT2D eigenvalue weighted by Crippen LogP contribution is -2.03. The zero-order valence-corrected chi connectivity index (χ0v) is 10.6. The van der Waals surface area contributed by atoms with Crippen LogP contribution in [0.4, 0.5) is 0 Å². The normalized spacial score (nSPS) is 13.7. The van der Waals surface area contributed by atoms with Crippen LogP contribution >= 0.6 is 11.6 Å². The van der Waals surface area contributed by atoms with Gasteiger partial charge in [0.15, 0.2) is 0 Å². The van der Waals surface area contributed by atoms with E-state index in [4.69, 9.17) is 16.3 Å². The Kier molecular flexibility index (Phi) is 4.84. The van der Waals surface area contributed by atoms with Crippen molar-refractivity contribution in [1.82, 2.24) is 0 Å². The Bertz CT molecular complexity index is 384. The number of hydrogen-bond acceptors (Lipinski definition) is 2. The maximum absolute atomic E-state index is 9.63. The van der Waals surface area contributed by atoms with Crippen LogP contribution < -0.4 is 4.74 Å². The fraction of sp³-hybridized carbons (Fsp3) is 0.385. The standard InChI is InChI=1S/C13H17ClO2/c1-9-4-5-13(12(6-9)11(3)15)16-8-10(2)7-14/h4-7,11,15H,8H2,1-3H3/b10-7+. The molecule has 1 rings (SSSR count). The second kappa shape index (κ2) is 5.92. The first kappa shape index (κ1) is 13.1. The highest BCUT2D eigenvalue weighted by atomic mass is 35.5. The van der Waals surface area contributed by atoms with Crippen molar-refractivity contribution in [3.05, 3.63) is 40.4 Å². The third-order valence-electron chi connectivity index (χ3n) is 2.26. The molecule has 1 aromatic carbocycles. The third kappa shape index (κ3) is 3.54. The zero-order chi connectivity index (χ0) is 12.1. The smallest absolute Gasteiger partial charge is 0.125 e. The fourth-order valence-electron chi connectivity index (χ4n) is 1.35. The highest BCUT2D eigenvalue weighted by molar-refractivity contribution is 6.25. The van der Waals surface area contributed by atoms with Gasteiger partial charge in [0.25, 0.3) is 0 Å². The second-order valence-corrected chi connectivity index (χ2v) is 4.18. The molecule has 0 spiro atoms. The molecule has 16 heavy (non-hydrogen) atoms. The maximum atomic E-state index is 9.63. The summed E-state index contributed by atoms with van der Waals surface area (Å²) in [4.78, 5) is 0. The van der Waals surface area contributed by atoms with Crippen molar-refractivity contribution in [2.45, 2.75) is 26.9 Å². The van der Waals surface area contributed by atoms with E-state index >= 15 is 0 Å². The van der Waals surface area contributed by atoms with Crippen LogP contribution in [0.5, 0.6) is 5.75 Å². The van der Waals surface area contributed by atoms with Crippen molar-refractivity contribution in [2.24, 2.45) is 0 Å². The predicted molar refractivity (Wildman–Crippen MR) is 66.9 cm³/mol. The number of hydrogen-bond donors (Lipinski definition) is 1. The summed E-state index contributed by atoms with van der Waals surface area (Å²) in [5.74, 6) is 0.707. The molecule has 1 N–H and O–H groups in total. The number of aliphatic hydroxyl groups excluding tert-OH is 1. The van der Waals surface area contributed by atoms with E-state index in [1.807, 2.05) is 32.0 Å². The lowest BCUT2D eigenvalue weighted by molar-refractivity contribution is 0.192. The van der Waals surface area contributed by atoms with E-state index in [-0.39, 0.29) is 0 Å². The number of benzene rings is 1. The van der Waals surface area contributed by atoms with Crippen LogP contribution in [0, 0.1) is 6.92 Å². The number of halogens is 1. The SMILES string of the molecule is C/C(=C\Cl)COc1ccc(C)cc1C(C)O. The monoisotopic (exact) mass is 240 g/mol. The molecule has 0 saturated carbocycles. The molecule has 0 bridgehead atoms. The van der Waals surface area contributed by atoms with Gasteiger partial charge in [0, 0.05) is 11.1 Å². The Morgan fingerprint density at radius 3 is 2.81 bits per heavy atom. The minimum Gasteiger partial charge on any atom is -0.489 e.